The molecule has 4 nitrogen and oxygen atoms in total. The lowest BCUT2D eigenvalue weighted by Crippen LogP contribution is -1.95. The molecule has 0 aliphatic carbocycles. The lowest BCUT2D eigenvalue weighted by atomic mass is 9.87. The summed E-state index contributed by atoms with van der Waals surface area (Å²) in [4.78, 5) is 12.1. The van der Waals surface area contributed by atoms with Crippen LogP contribution in [-0.4, -0.2) is 21.3 Å². The average molecular weight is 415 g/mol. The van der Waals surface area contributed by atoms with E-state index in [4.69, 9.17) is 5.11 Å². The third-order valence-electron chi connectivity index (χ3n) is 5.19. The molecule has 0 saturated heterocycles. The van der Waals surface area contributed by atoms with Gasteiger partial charge in [-0.15, -0.1) is 11.3 Å². The fourth-order valence-corrected chi connectivity index (χ4v) is 4.47. The van der Waals surface area contributed by atoms with Gasteiger partial charge in [0.15, 0.2) is 0 Å². The predicted octanol–water partition coefficient (Wildman–Crippen LogP) is 6.40. The van der Waals surface area contributed by atoms with Crippen molar-refractivity contribution in [1.29, 1.82) is 0 Å². The molecule has 0 spiro atoms. The van der Waals surface area contributed by atoms with Gasteiger partial charge in [0.05, 0.1) is 11.7 Å². The topological polar surface area (TPSA) is 66.0 Å². The van der Waals surface area contributed by atoms with Gasteiger partial charge >= 0.3 is 5.97 Å². The number of nitrogens with one attached hydrogen (secondary N) is 1. The molecule has 2 heterocycles. The Morgan fingerprint density at radius 2 is 1.90 bits per heavy atom. The minimum atomic E-state index is -0.950. The maximum Gasteiger partial charge on any atom is 0.328 e. The second-order valence-corrected chi connectivity index (χ2v) is 8.18. The van der Waals surface area contributed by atoms with E-state index in [9.17, 15) is 4.79 Å². The summed E-state index contributed by atoms with van der Waals surface area (Å²) in [5.41, 5.74) is 7.88. The Labute approximate surface area is 179 Å². The molecule has 0 bridgehead atoms. The van der Waals surface area contributed by atoms with Crippen LogP contribution in [0.25, 0.3) is 28.1 Å². The molecule has 2 N–H and O–H groups in total. The first kappa shape index (κ1) is 19.9. The number of H-pyrrole nitrogens is 1. The fourth-order valence-electron chi connectivity index (χ4n) is 3.74. The molecule has 4 aromatic rings. The summed E-state index contributed by atoms with van der Waals surface area (Å²) in [6, 6.07) is 16.6. The van der Waals surface area contributed by atoms with Gasteiger partial charge in [-0.1, -0.05) is 37.3 Å². The zero-order valence-corrected chi connectivity index (χ0v) is 17.7. The Balaban J connectivity index is 1.90. The van der Waals surface area contributed by atoms with E-state index in [2.05, 4.69) is 65.8 Å². The lowest BCUT2D eigenvalue weighted by Gasteiger charge is -2.16. The van der Waals surface area contributed by atoms with Crippen LogP contribution in [0.3, 0.4) is 0 Å². The summed E-state index contributed by atoms with van der Waals surface area (Å²) in [6.45, 7) is 4.35. The number of rotatable bonds is 6. The fraction of sp³-hybridized carbons (Fsp3) is 0.120. The van der Waals surface area contributed by atoms with Crippen LogP contribution in [0.15, 0.2) is 66.2 Å². The number of aryl methyl sites for hydroxylation is 1. The van der Waals surface area contributed by atoms with Crippen LogP contribution in [0.2, 0.25) is 0 Å². The smallest absolute Gasteiger partial charge is 0.328 e. The number of aliphatic carboxylic acids is 1. The Morgan fingerprint density at radius 3 is 2.57 bits per heavy atom. The molecule has 0 amide bonds. The van der Waals surface area contributed by atoms with Crippen molar-refractivity contribution in [3.63, 3.8) is 0 Å². The molecule has 150 valence electrons. The van der Waals surface area contributed by atoms with Gasteiger partial charge in [-0.3, -0.25) is 5.10 Å². The van der Waals surface area contributed by atoms with E-state index in [0.29, 0.717) is 0 Å². The van der Waals surface area contributed by atoms with Crippen LogP contribution < -0.4 is 0 Å². The number of allylic oxidation sites excluding steroid dienone is 1. The van der Waals surface area contributed by atoms with Crippen molar-refractivity contribution in [2.24, 2.45) is 0 Å². The molecule has 0 atom stereocenters. The molecule has 0 radical (unpaired) electrons. The SMILES string of the molecule is CCC(=C(c1ccc(C=CC(=O)O)cc1)c1ccc2[nH]ncc2c1)c1ccsc1C. The lowest BCUT2D eigenvalue weighted by molar-refractivity contribution is -0.131. The Kier molecular flexibility index (Phi) is 5.63. The first-order chi connectivity index (χ1) is 14.6. The Morgan fingerprint density at radius 1 is 1.13 bits per heavy atom. The molecule has 0 aliphatic rings. The number of nitrogens with zero attached hydrogens (tertiary/aromatic N) is 1. The van der Waals surface area contributed by atoms with E-state index in [0.717, 1.165) is 40.1 Å². The molecule has 0 fully saturated rings. The van der Waals surface area contributed by atoms with Gasteiger partial charge in [0.1, 0.15) is 0 Å². The highest BCUT2D eigenvalue weighted by atomic mass is 32.1. The quantitative estimate of drug-likeness (QED) is 0.359. The summed E-state index contributed by atoms with van der Waals surface area (Å²) >= 11 is 1.76. The highest BCUT2D eigenvalue weighted by Gasteiger charge is 2.16. The molecule has 2 aromatic heterocycles. The highest BCUT2D eigenvalue weighted by Crippen LogP contribution is 2.37. The third-order valence-corrected chi connectivity index (χ3v) is 6.03. The van der Waals surface area contributed by atoms with Crippen LogP contribution >= 0.6 is 11.3 Å². The standard InChI is InChI=1S/C25H22N2O2S/c1-3-21(22-12-13-30-16(22)2)25(19-9-10-23-20(14-19)15-26-27-23)18-7-4-17(5-8-18)6-11-24(28)29/h4-15H,3H2,1-2H3,(H,26,27)(H,28,29). The van der Waals surface area contributed by atoms with Crippen molar-refractivity contribution in [2.45, 2.75) is 20.3 Å². The highest BCUT2D eigenvalue weighted by molar-refractivity contribution is 7.10. The van der Waals surface area contributed by atoms with Gasteiger partial charge in [-0.2, -0.15) is 5.10 Å². The first-order valence-corrected chi connectivity index (χ1v) is 10.7. The summed E-state index contributed by atoms with van der Waals surface area (Å²) in [5, 5.41) is 19.2. The van der Waals surface area contributed by atoms with Crippen LogP contribution in [-0.2, 0) is 4.79 Å². The Bertz CT molecular complexity index is 1260. The van der Waals surface area contributed by atoms with Crippen molar-refractivity contribution in [3.8, 4) is 0 Å². The zero-order chi connectivity index (χ0) is 21.1. The maximum absolute atomic E-state index is 10.8. The van der Waals surface area contributed by atoms with E-state index < -0.39 is 5.97 Å². The van der Waals surface area contributed by atoms with E-state index in [-0.39, 0.29) is 0 Å². The van der Waals surface area contributed by atoms with Gasteiger partial charge < -0.3 is 5.11 Å². The summed E-state index contributed by atoms with van der Waals surface area (Å²) in [6.07, 6.45) is 5.51. The summed E-state index contributed by atoms with van der Waals surface area (Å²) in [7, 11) is 0. The number of fused-ring (bicyclic) bond motifs is 1. The van der Waals surface area contributed by atoms with Crippen molar-refractivity contribution in [3.05, 3.63) is 93.3 Å². The Hall–Kier alpha value is -3.44. The second-order valence-electron chi connectivity index (χ2n) is 7.06. The van der Waals surface area contributed by atoms with Crippen LogP contribution in [0.4, 0.5) is 0 Å². The van der Waals surface area contributed by atoms with Gasteiger partial charge in [0.2, 0.25) is 0 Å². The van der Waals surface area contributed by atoms with E-state index in [1.54, 1.807) is 17.4 Å². The normalized spacial score (nSPS) is 12.5. The van der Waals surface area contributed by atoms with E-state index >= 15 is 0 Å². The molecule has 0 aliphatic heterocycles. The average Bonchev–Trinajstić information content (AvgIpc) is 3.39. The van der Waals surface area contributed by atoms with Crippen molar-refractivity contribution in [2.75, 3.05) is 0 Å². The number of hydrogen-bond acceptors (Lipinski definition) is 3. The predicted molar refractivity (Wildman–Crippen MR) is 124 cm³/mol. The first-order valence-electron chi connectivity index (χ1n) is 9.79. The minimum absolute atomic E-state index is 0.857. The number of carboxylic acid groups (broad SMARTS) is 1. The number of aromatic nitrogens is 2. The van der Waals surface area contributed by atoms with Crippen LogP contribution in [0.1, 0.15) is 40.5 Å². The molecule has 30 heavy (non-hydrogen) atoms. The molecule has 0 unspecified atom stereocenters. The molecular weight excluding hydrogens is 392 g/mol. The number of aromatic amines is 1. The third kappa shape index (κ3) is 3.98. The van der Waals surface area contributed by atoms with E-state index in [1.807, 2.05) is 18.3 Å². The van der Waals surface area contributed by atoms with E-state index in [1.165, 1.54) is 21.6 Å². The van der Waals surface area contributed by atoms with Gasteiger partial charge in [-0.05, 0) is 76.4 Å². The van der Waals surface area contributed by atoms with Crippen LogP contribution in [0.5, 0.6) is 0 Å². The molecule has 0 saturated carbocycles. The second kappa shape index (κ2) is 8.51. The minimum Gasteiger partial charge on any atom is -0.478 e. The number of benzene rings is 2. The van der Waals surface area contributed by atoms with Gasteiger partial charge in [-0.25, -0.2) is 4.79 Å². The van der Waals surface area contributed by atoms with Crippen molar-refractivity contribution < 1.29 is 9.90 Å². The van der Waals surface area contributed by atoms with Gasteiger partial charge in [0.25, 0.3) is 0 Å². The number of carboxylic acids is 1. The van der Waals surface area contributed by atoms with Crippen LogP contribution in [0, 0.1) is 6.92 Å². The number of carbonyl (C=O) groups is 1. The summed E-state index contributed by atoms with van der Waals surface area (Å²) in [5.74, 6) is -0.950. The largest absolute Gasteiger partial charge is 0.478 e. The van der Waals surface area contributed by atoms with Crippen molar-refractivity contribution >= 4 is 45.4 Å². The molecule has 2 aromatic carbocycles. The van der Waals surface area contributed by atoms with Crippen molar-refractivity contribution in [1.82, 2.24) is 10.2 Å². The maximum atomic E-state index is 10.8. The molecule has 5 heteroatoms. The zero-order valence-electron chi connectivity index (χ0n) is 16.8. The monoisotopic (exact) mass is 414 g/mol. The number of thiophene rings is 1. The number of hydrogen-bond donors (Lipinski definition) is 2. The summed E-state index contributed by atoms with van der Waals surface area (Å²) < 4.78 is 0. The molecule has 4 rings (SSSR count). The molecular formula is C25H22N2O2S. The van der Waals surface area contributed by atoms with Gasteiger partial charge in [0, 0.05) is 16.3 Å².